The van der Waals surface area contributed by atoms with Gasteiger partial charge in [0, 0.05) is 18.3 Å². The topological polar surface area (TPSA) is 20.3 Å². The molecule has 0 unspecified atom stereocenters. The third-order valence-corrected chi connectivity index (χ3v) is 5.12. The highest BCUT2D eigenvalue weighted by Crippen LogP contribution is 2.37. The zero-order valence-corrected chi connectivity index (χ0v) is 13.5. The maximum atomic E-state index is 12.6. The molecule has 3 heteroatoms. The number of hydrogen-bond donors (Lipinski definition) is 1. The van der Waals surface area contributed by atoms with Crippen molar-refractivity contribution in [1.29, 1.82) is 0 Å². The normalized spacial score (nSPS) is 20.8. The van der Waals surface area contributed by atoms with Crippen molar-refractivity contribution >= 4 is 18.5 Å². The minimum absolute atomic E-state index is 0.268. The van der Waals surface area contributed by atoms with Gasteiger partial charge in [0.15, 0.2) is 0 Å². The first-order valence-electron chi connectivity index (χ1n) is 7.15. The van der Waals surface area contributed by atoms with Crippen molar-refractivity contribution in [2.75, 3.05) is 12.3 Å². The lowest BCUT2D eigenvalue weighted by Crippen LogP contribution is -2.49. The van der Waals surface area contributed by atoms with Gasteiger partial charge in [0.25, 0.3) is 0 Å². The SMILES string of the molecule is CCN(C(=O)C(C)(C)CS)C1CCC(C)(C)CC1. The molecule has 1 aliphatic rings. The van der Waals surface area contributed by atoms with Crippen LogP contribution in [0.2, 0.25) is 0 Å². The first-order valence-corrected chi connectivity index (χ1v) is 7.79. The number of carbonyl (C=O) groups is 1. The molecule has 0 aromatic heterocycles. The number of nitrogens with zero attached hydrogens (tertiary/aromatic N) is 1. The lowest BCUT2D eigenvalue weighted by atomic mass is 9.75. The molecule has 106 valence electrons. The molecule has 1 fully saturated rings. The molecule has 0 aromatic carbocycles. The van der Waals surface area contributed by atoms with Gasteiger partial charge >= 0.3 is 0 Å². The second-order valence-corrected chi connectivity index (χ2v) is 7.34. The molecule has 0 atom stereocenters. The van der Waals surface area contributed by atoms with Crippen LogP contribution in [0.3, 0.4) is 0 Å². The molecular formula is C15H29NOS. The van der Waals surface area contributed by atoms with Gasteiger partial charge in [0.2, 0.25) is 5.91 Å². The van der Waals surface area contributed by atoms with Crippen molar-refractivity contribution in [3.8, 4) is 0 Å². The van der Waals surface area contributed by atoms with Crippen LogP contribution in [0.5, 0.6) is 0 Å². The molecule has 0 radical (unpaired) electrons. The molecule has 1 saturated carbocycles. The average Bonchev–Trinajstić information content (AvgIpc) is 2.31. The maximum absolute atomic E-state index is 12.6. The first-order chi connectivity index (χ1) is 8.23. The Kier molecular flexibility index (Phi) is 5.16. The Labute approximate surface area is 118 Å². The quantitative estimate of drug-likeness (QED) is 0.772. The summed E-state index contributed by atoms with van der Waals surface area (Å²) in [7, 11) is 0. The van der Waals surface area contributed by atoms with E-state index in [4.69, 9.17) is 0 Å². The highest BCUT2D eigenvalue weighted by molar-refractivity contribution is 7.80. The minimum atomic E-state index is -0.341. The molecular weight excluding hydrogens is 242 g/mol. The molecule has 1 aliphatic carbocycles. The largest absolute Gasteiger partial charge is 0.340 e. The molecule has 0 N–H and O–H groups in total. The average molecular weight is 271 g/mol. The number of thiol groups is 1. The molecule has 0 spiro atoms. The first kappa shape index (κ1) is 15.9. The second-order valence-electron chi connectivity index (χ2n) is 7.03. The van der Waals surface area contributed by atoms with E-state index in [9.17, 15) is 4.79 Å². The van der Waals surface area contributed by atoms with Gasteiger partial charge in [-0.15, -0.1) is 0 Å². The Balaban J connectivity index is 2.71. The summed E-state index contributed by atoms with van der Waals surface area (Å²) in [5, 5.41) is 0. The van der Waals surface area contributed by atoms with Crippen LogP contribution in [0.1, 0.15) is 60.3 Å². The maximum Gasteiger partial charge on any atom is 0.229 e. The van der Waals surface area contributed by atoms with E-state index < -0.39 is 0 Å². The molecule has 2 nitrogen and oxygen atoms in total. The highest BCUT2D eigenvalue weighted by atomic mass is 32.1. The summed E-state index contributed by atoms with van der Waals surface area (Å²) in [5.74, 6) is 0.880. The molecule has 18 heavy (non-hydrogen) atoms. The molecule has 0 bridgehead atoms. The molecule has 0 heterocycles. The van der Waals surface area contributed by atoms with E-state index in [0.717, 1.165) is 19.4 Å². The highest BCUT2D eigenvalue weighted by Gasteiger charge is 2.36. The van der Waals surface area contributed by atoms with E-state index >= 15 is 0 Å². The fourth-order valence-electron chi connectivity index (χ4n) is 2.72. The van der Waals surface area contributed by atoms with Gasteiger partial charge < -0.3 is 4.90 Å². The van der Waals surface area contributed by atoms with Crippen molar-refractivity contribution in [3.05, 3.63) is 0 Å². The third-order valence-electron chi connectivity index (χ3n) is 4.33. The third kappa shape index (κ3) is 3.66. The van der Waals surface area contributed by atoms with Crippen LogP contribution in [0.15, 0.2) is 0 Å². The Morgan fingerprint density at radius 1 is 1.33 bits per heavy atom. The van der Waals surface area contributed by atoms with Gasteiger partial charge in [0.1, 0.15) is 0 Å². The Bertz CT molecular complexity index is 289. The lowest BCUT2D eigenvalue weighted by molar-refractivity contribution is -0.142. The van der Waals surface area contributed by atoms with E-state index in [0.29, 0.717) is 17.2 Å². The van der Waals surface area contributed by atoms with E-state index in [1.165, 1.54) is 12.8 Å². The van der Waals surface area contributed by atoms with Crippen molar-refractivity contribution in [1.82, 2.24) is 4.90 Å². The van der Waals surface area contributed by atoms with E-state index in [1.807, 2.05) is 13.8 Å². The minimum Gasteiger partial charge on any atom is -0.340 e. The van der Waals surface area contributed by atoms with Crippen LogP contribution < -0.4 is 0 Å². The van der Waals surface area contributed by atoms with Crippen molar-refractivity contribution in [3.63, 3.8) is 0 Å². The number of carbonyl (C=O) groups excluding carboxylic acids is 1. The molecule has 0 aliphatic heterocycles. The van der Waals surface area contributed by atoms with Gasteiger partial charge in [0.05, 0.1) is 5.41 Å². The summed E-state index contributed by atoms with van der Waals surface area (Å²) < 4.78 is 0. The molecule has 0 aromatic rings. The van der Waals surface area contributed by atoms with Crippen molar-refractivity contribution < 1.29 is 4.79 Å². The summed E-state index contributed by atoms with van der Waals surface area (Å²) in [6.07, 6.45) is 4.75. The van der Waals surface area contributed by atoms with E-state index in [2.05, 4.69) is 38.3 Å². The zero-order chi connectivity index (χ0) is 14.0. The molecule has 1 amide bonds. The predicted octanol–water partition coefficient (Wildman–Crippen LogP) is 3.76. The van der Waals surface area contributed by atoms with Crippen LogP contribution in [0.4, 0.5) is 0 Å². The monoisotopic (exact) mass is 271 g/mol. The summed E-state index contributed by atoms with van der Waals surface area (Å²) in [6.45, 7) is 11.6. The van der Waals surface area contributed by atoms with Crippen LogP contribution in [0.25, 0.3) is 0 Å². The fourth-order valence-corrected chi connectivity index (χ4v) is 2.85. The van der Waals surface area contributed by atoms with Gasteiger partial charge in [-0.3, -0.25) is 4.79 Å². The number of hydrogen-bond acceptors (Lipinski definition) is 2. The molecule has 1 rings (SSSR count). The van der Waals surface area contributed by atoms with Gasteiger partial charge in [-0.2, -0.15) is 12.6 Å². The van der Waals surface area contributed by atoms with E-state index in [-0.39, 0.29) is 11.3 Å². The van der Waals surface area contributed by atoms with Gasteiger partial charge in [-0.05, 0) is 38.0 Å². The lowest BCUT2D eigenvalue weighted by Gasteiger charge is -2.42. The fraction of sp³-hybridized carbons (Fsp3) is 0.933. The van der Waals surface area contributed by atoms with Crippen LogP contribution in [-0.2, 0) is 4.79 Å². The smallest absolute Gasteiger partial charge is 0.229 e. The standard InChI is InChI=1S/C15H29NOS/c1-6-16(13(17)15(4,5)11-18)12-7-9-14(2,3)10-8-12/h12,18H,6-11H2,1-5H3. The second kappa shape index (κ2) is 5.85. The van der Waals surface area contributed by atoms with Crippen molar-refractivity contribution in [2.45, 2.75) is 66.3 Å². The van der Waals surface area contributed by atoms with E-state index in [1.54, 1.807) is 0 Å². The summed E-state index contributed by atoms with van der Waals surface area (Å²) in [5.41, 5.74) is 0.115. The summed E-state index contributed by atoms with van der Waals surface area (Å²) >= 11 is 4.32. The van der Waals surface area contributed by atoms with Crippen LogP contribution in [-0.4, -0.2) is 29.1 Å². The van der Waals surface area contributed by atoms with Crippen LogP contribution in [0, 0.1) is 10.8 Å². The van der Waals surface area contributed by atoms with Gasteiger partial charge in [-0.1, -0.05) is 27.7 Å². The predicted molar refractivity (Wildman–Crippen MR) is 81.1 cm³/mol. The number of amides is 1. The number of rotatable bonds is 4. The zero-order valence-electron chi connectivity index (χ0n) is 12.6. The van der Waals surface area contributed by atoms with Gasteiger partial charge in [-0.25, -0.2) is 0 Å². The van der Waals surface area contributed by atoms with Crippen molar-refractivity contribution in [2.24, 2.45) is 10.8 Å². The van der Waals surface area contributed by atoms with Crippen LogP contribution >= 0.6 is 12.6 Å². The Hall–Kier alpha value is -0.180. The Morgan fingerprint density at radius 2 is 1.83 bits per heavy atom. The summed E-state index contributed by atoms with van der Waals surface area (Å²) in [4.78, 5) is 14.7. The summed E-state index contributed by atoms with van der Waals surface area (Å²) in [6, 6.07) is 0.440. The molecule has 0 saturated heterocycles. The Morgan fingerprint density at radius 3 is 2.22 bits per heavy atom.